The molecule has 4 nitrogen and oxygen atoms in total. The van der Waals surface area contributed by atoms with Crippen molar-refractivity contribution in [3.8, 4) is 0 Å². The molecule has 3 N–H and O–H groups in total. The van der Waals surface area contributed by atoms with Crippen LogP contribution in [0.2, 0.25) is 0 Å². The molecule has 0 radical (unpaired) electrons. The van der Waals surface area contributed by atoms with Gasteiger partial charge in [0.2, 0.25) is 0 Å². The Balaban J connectivity index is 2.66. The van der Waals surface area contributed by atoms with E-state index in [9.17, 15) is 4.79 Å². The summed E-state index contributed by atoms with van der Waals surface area (Å²) in [4.78, 5) is 18.7. The molecule has 72 valence electrons. The van der Waals surface area contributed by atoms with Gasteiger partial charge < -0.3 is 10.3 Å². The Morgan fingerprint density at radius 3 is 3.00 bits per heavy atom. The third-order valence-corrected chi connectivity index (χ3v) is 2.06. The SMILES string of the molecule is C[NH2+]Cc1nc2ccccc2c(=O)[nH]1. The molecule has 0 fully saturated rings. The second kappa shape index (κ2) is 3.59. The van der Waals surface area contributed by atoms with Gasteiger partial charge in [0.1, 0.15) is 6.54 Å². The van der Waals surface area contributed by atoms with Crippen molar-refractivity contribution in [2.45, 2.75) is 6.54 Å². The lowest BCUT2D eigenvalue weighted by molar-refractivity contribution is -0.644. The summed E-state index contributed by atoms with van der Waals surface area (Å²) in [6.45, 7) is 0.695. The summed E-state index contributed by atoms with van der Waals surface area (Å²) in [6, 6.07) is 7.35. The van der Waals surface area contributed by atoms with Crippen LogP contribution in [0.5, 0.6) is 0 Å². The molecule has 0 saturated carbocycles. The van der Waals surface area contributed by atoms with Gasteiger partial charge >= 0.3 is 0 Å². The van der Waals surface area contributed by atoms with Gasteiger partial charge in [0.05, 0.1) is 18.0 Å². The number of rotatable bonds is 2. The van der Waals surface area contributed by atoms with Gasteiger partial charge in [0, 0.05) is 0 Å². The quantitative estimate of drug-likeness (QED) is 0.678. The van der Waals surface area contributed by atoms with Crippen LogP contribution < -0.4 is 10.9 Å². The first-order chi connectivity index (χ1) is 6.81. The van der Waals surface area contributed by atoms with E-state index in [0.717, 1.165) is 11.3 Å². The van der Waals surface area contributed by atoms with Gasteiger partial charge in [-0.1, -0.05) is 12.1 Å². The average Bonchev–Trinajstić information content (AvgIpc) is 2.18. The van der Waals surface area contributed by atoms with Crippen LogP contribution >= 0.6 is 0 Å². The molecule has 1 aromatic carbocycles. The van der Waals surface area contributed by atoms with Crippen LogP contribution in [0.15, 0.2) is 29.1 Å². The van der Waals surface area contributed by atoms with Crippen LogP contribution in [0, 0.1) is 0 Å². The van der Waals surface area contributed by atoms with E-state index in [1.807, 2.05) is 30.6 Å². The van der Waals surface area contributed by atoms with Gasteiger partial charge in [-0.2, -0.15) is 0 Å². The molecule has 0 unspecified atom stereocenters. The highest BCUT2D eigenvalue weighted by atomic mass is 16.1. The number of quaternary nitrogens is 1. The molecule has 0 amide bonds. The van der Waals surface area contributed by atoms with Gasteiger partial charge in [-0.25, -0.2) is 4.98 Å². The maximum Gasteiger partial charge on any atom is 0.258 e. The Kier molecular flexibility index (Phi) is 2.28. The lowest BCUT2D eigenvalue weighted by atomic mass is 10.2. The number of fused-ring (bicyclic) bond motifs is 1. The fourth-order valence-corrected chi connectivity index (χ4v) is 1.42. The number of hydrogen-bond acceptors (Lipinski definition) is 2. The number of nitrogens with zero attached hydrogens (tertiary/aromatic N) is 1. The van der Waals surface area contributed by atoms with Crippen molar-refractivity contribution in [2.24, 2.45) is 0 Å². The van der Waals surface area contributed by atoms with E-state index in [4.69, 9.17) is 0 Å². The van der Waals surface area contributed by atoms with Crippen LogP contribution in [0.3, 0.4) is 0 Å². The number of para-hydroxylation sites is 1. The standard InChI is InChI=1S/C10H11N3O/c1-11-6-9-12-8-5-3-2-4-7(8)10(14)13-9/h2-5,11H,6H2,1H3,(H,12,13,14)/p+1. The maximum atomic E-state index is 11.6. The molecule has 14 heavy (non-hydrogen) atoms. The molecule has 1 heterocycles. The second-order valence-corrected chi connectivity index (χ2v) is 3.14. The molecule has 0 aliphatic carbocycles. The van der Waals surface area contributed by atoms with Gasteiger partial charge in [0.25, 0.3) is 5.56 Å². The van der Waals surface area contributed by atoms with Gasteiger partial charge in [-0.15, -0.1) is 0 Å². The van der Waals surface area contributed by atoms with E-state index in [0.29, 0.717) is 11.9 Å². The predicted molar refractivity (Wildman–Crippen MR) is 53.9 cm³/mol. The van der Waals surface area contributed by atoms with Crippen molar-refractivity contribution in [3.05, 3.63) is 40.4 Å². The lowest BCUT2D eigenvalue weighted by Crippen LogP contribution is -2.78. The van der Waals surface area contributed by atoms with Gasteiger partial charge in [-0.05, 0) is 12.1 Å². The summed E-state index contributed by atoms with van der Waals surface area (Å²) >= 11 is 0. The van der Waals surface area contributed by atoms with E-state index in [1.165, 1.54) is 0 Å². The second-order valence-electron chi connectivity index (χ2n) is 3.14. The minimum atomic E-state index is -0.0625. The summed E-state index contributed by atoms with van der Waals surface area (Å²) < 4.78 is 0. The normalized spacial score (nSPS) is 10.6. The minimum absolute atomic E-state index is 0.0625. The number of aromatic amines is 1. The number of nitrogens with one attached hydrogen (secondary N) is 1. The van der Waals surface area contributed by atoms with E-state index in [1.54, 1.807) is 6.07 Å². The summed E-state index contributed by atoms with van der Waals surface area (Å²) in [5.74, 6) is 0.719. The number of benzene rings is 1. The van der Waals surface area contributed by atoms with Crippen LogP contribution in [0.25, 0.3) is 10.9 Å². The molecule has 0 atom stereocenters. The molecule has 0 aliphatic heterocycles. The molecule has 2 aromatic rings. The molecule has 4 heteroatoms. The molecule has 0 aliphatic rings. The summed E-state index contributed by atoms with van der Waals surface area (Å²) in [5.41, 5.74) is 0.695. The summed E-state index contributed by atoms with van der Waals surface area (Å²) in [7, 11) is 1.94. The van der Waals surface area contributed by atoms with Gasteiger partial charge in [0.15, 0.2) is 5.82 Å². The third kappa shape index (κ3) is 1.52. The van der Waals surface area contributed by atoms with E-state index < -0.39 is 0 Å². The van der Waals surface area contributed by atoms with Crippen molar-refractivity contribution in [1.82, 2.24) is 9.97 Å². The van der Waals surface area contributed by atoms with E-state index in [2.05, 4.69) is 9.97 Å². The largest absolute Gasteiger partial charge is 0.342 e. The fourth-order valence-electron chi connectivity index (χ4n) is 1.42. The lowest BCUT2D eigenvalue weighted by Gasteiger charge is -1.99. The first-order valence-corrected chi connectivity index (χ1v) is 4.57. The summed E-state index contributed by atoms with van der Waals surface area (Å²) in [6.07, 6.45) is 0. The highest BCUT2D eigenvalue weighted by Crippen LogP contribution is 2.04. The zero-order valence-electron chi connectivity index (χ0n) is 7.95. The highest BCUT2D eigenvalue weighted by molar-refractivity contribution is 5.77. The Hall–Kier alpha value is -1.68. The summed E-state index contributed by atoms with van der Waals surface area (Å²) in [5, 5.41) is 2.61. The monoisotopic (exact) mass is 190 g/mol. The number of hydrogen-bond donors (Lipinski definition) is 2. The molecular weight excluding hydrogens is 178 g/mol. The first-order valence-electron chi connectivity index (χ1n) is 4.57. The average molecular weight is 190 g/mol. The van der Waals surface area contributed by atoms with Crippen LogP contribution in [-0.2, 0) is 6.54 Å². The van der Waals surface area contributed by atoms with E-state index in [-0.39, 0.29) is 5.56 Å². The Morgan fingerprint density at radius 1 is 1.43 bits per heavy atom. The Morgan fingerprint density at radius 2 is 2.21 bits per heavy atom. The minimum Gasteiger partial charge on any atom is -0.342 e. The first kappa shape index (κ1) is 8.90. The van der Waals surface area contributed by atoms with Crippen molar-refractivity contribution in [3.63, 3.8) is 0 Å². The number of nitrogens with two attached hydrogens (primary N) is 1. The Labute approximate surface area is 81.0 Å². The molecule has 0 saturated heterocycles. The number of aromatic nitrogens is 2. The molecule has 0 bridgehead atoms. The third-order valence-electron chi connectivity index (χ3n) is 2.06. The predicted octanol–water partition coefficient (Wildman–Crippen LogP) is -0.384. The molecule has 0 spiro atoms. The zero-order chi connectivity index (χ0) is 9.97. The van der Waals surface area contributed by atoms with Crippen molar-refractivity contribution >= 4 is 10.9 Å². The molecule has 1 aromatic heterocycles. The highest BCUT2D eigenvalue weighted by Gasteiger charge is 2.02. The zero-order valence-corrected chi connectivity index (χ0v) is 7.95. The van der Waals surface area contributed by atoms with Crippen LogP contribution in [-0.4, -0.2) is 17.0 Å². The smallest absolute Gasteiger partial charge is 0.258 e. The molecular formula is C10H12N3O+. The Bertz CT molecular complexity index is 504. The number of H-pyrrole nitrogens is 1. The van der Waals surface area contributed by atoms with Crippen LogP contribution in [0.4, 0.5) is 0 Å². The maximum absolute atomic E-state index is 11.6. The van der Waals surface area contributed by atoms with Gasteiger partial charge in [-0.3, -0.25) is 4.79 Å². The molecule has 2 rings (SSSR count). The van der Waals surface area contributed by atoms with E-state index >= 15 is 0 Å². The van der Waals surface area contributed by atoms with Crippen molar-refractivity contribution < 1.29 is 5.32 Å². The van der Waals surface area contributed by atoms with Crippen molar-refractivity contribution in [2.75, 3.05) is 7.05 Å². The van der Waals surface area contributed by atoms with Crippen LogP contribution in [0.1, 0.15) is 5.82 Å². The van der Waals surface area contributed by atoms with Crippen molar-refractivity contribution in [1.29, 1.82) is 0 Å². The fraction of sp³-hybridized carbons (Fsp3) is 0.200. The topological polar surface area (TPSA) is 62.4 Å².